The van der Waals surface area contributed by atoms with Gasteiger partial charge in [-0.05, 0) is 69.1 Å². The maximum Gasteiger partial charge on any atom is 0.174 e. The Balaban J connectivity index is 1.81. The van der Waals surface area contributed by atoms with Gasteiger partial charge >= 0.3 is 0 Å². The number of hydrogen-bond acceptors (Lipinski definition) is 2. The Labute approximate surface area is 156 Å². The van der Waals surface area contributed by atoms with Gasteiger partial charge in [0.15, 0.2) is 5.11 Å². The van der Waals surface area contributed by atoms with Crippen molar-refractivity contribution in [2.24, 2.45) is 0 Å². The molecular formula is C21H28N2OS. The highest BCUT2D eigenvalue weighted by Gasteiger charge is 2.24. The van der Waals surface area contributed by atoms with Crippen molar-refractivity contribution in [2.45, 2.75) is 65.5 Å². The topological polar surface area (TPSA) is 28.4 Å². The van der Waals surface area contributed by atoms with Crippen LogP contribution in [0.5, 0.6) is 0 Å². The van der Waals surface area contributed by atoms with Crippen LogP contribution in [0.15, 0.2) is 34.9 Å². The average Bonchev–Trinajstić information content (AvgIpc) is 3.09. The number of rotatable bonds is 4. The smallest absolute Gasteiger partial charge is 0.174 e. The van der Waals surface area contributed by atoms with E-state index in [0.717, 1.165) is 23.1 Å². The Kier molecular flexibility index (Phi) is 5.79. The molecule has 1 heterocycles. The third-order valence-electron chi connectivity index (χ3n) is 5.09. The number of furan rings is 1. The molecule has 1 N–H and O–H groups in total. The van der Waals surface area contributed by atoms with Gasteiger partial charge in [-0.15, -0.1) is 0 Å². The first-order valence-corrected chi connectivity index (χ1v) is 9.63. The fourth-order valence-corrected chi connectivity index (χ4v) is 4.20. The molecule has 0 atom stereocenters. The minimum Gasteiger partial charge on any atom is -0.467 e. The second-order valence-corrected chi connectivity index (χ2v) is 7.59. The van der Waals surface area contributed by atoms with E-state index in [1.165, 1.54) is 48.8 Å². The summed E-state index contributed by atoms with van der Waals surface area (Å²) in [6.07, 6.45) is 8.04. The lowest BCUT2D eigenvalue weighted by molar-refractivity contribution is 0.227. The number of benzene rings is 1. The quantitative estimate of drug-likeness (QED) is 0.708. The molecule has 0 bridgehead atoms. The largest absolute Gasteiger partial charge is 0.467 e. The molecule has 0 amide bonds. The summed E-state index contributed by atoms with van der Waals surface area (Å²) in [6, 6.07) is 8.87. The Morgan fingerprint density at radius 1 is 1.16 bits per heavy atom. The zero-order chi connectivity index (χ0) is 17.8. The first-order valence-electron chi connectivity index (χ1n) is 9.22. The molecule has 0 saturated heterocycles. The van der Waals surface area contributed by atoms with Gasteiger partial charge in [0.1, 0.15) is 5.76 Å². The average molecular weight is 357 g/mol. The number of thiocarbonyl (C=S) groups is 1. The zero-order valence-electron chi connectivity index (χ0n) is 15.5. The normalized spacial score (nSPS) is 15.2. The van der Waals surface area contributed by atoms with E-state index in [9.17, 15) is 0 Å². The fraction of sp³-hybridized carbons (Fsp3) is 0.476. The van der Waals surface area contributed by atoms with Crippen LogP contribution in [-0.4, -0.2) is 16.1 Å². The van der Waals surface area contributed by atoms with Crippen molar-refractivity contribution in [3.63, 3.8) is 0 Å². The Morgan fingerprint density at radius 3 is 2.44 bits per heavy atom. The Morgan fingerprint density at radius 2 is 1.84 bits per heavy atom. The van der Waals surface area contributed by atoms with Gasteiger partial charge in [-0.25, -0.2) is 0 Å². The maximum absolute atomic E-state index is 5.84. The van der Waals surface area contributed by atoms with Gasteiger partial charge < -0.3 is 14.6 Å². The van der Waals surface area contributed by atoms with Gasteiger partial charge in [0.25, 0.3) is 0 Å². The monoisotopic (exact) mass is 356 g/mol. The molecule has 0 unspecified atom stereocenters. The predicted molar refractivity (Wildman–Crippen MR) is 108 cm³/mol. The molecule has 2 aromatic rings. The van der Waals surface area contributed by atoms with Gasteiger partial charge in [0.2, 0.25) is 0 Å². The van der Waals surface area contributed by atoms with Crippen LogP contribution in [0.3, 0.4) is 0 Å². The number of aryl methyl sites for hydroxylation is 3. The van der Waals surface area contributed by atoms with E-state index >= 15 is 0 Å². The van der Waals surface area contributed by atoms with Crippen molar-refractivity contribution < 1.29 is 4.42 Å². The minimum atomic E-state index is 0.491. The van der Waals surface area contributed by atoms with Crippen LogP contribution in [0.1, 0.15) is 54.6 Å². The summed E-state index contributed by atoms with van der Waals surface area (Å²) in [5.41, 5.74) is 4.89. The van der Waals surface area contributed by atoms with Crippen LogP contribution in [0.4, 0.5) is 5.69 Å². The fourth-order valence-electron chi connectivity index (χ4n) is 3.89. The summed E-state index contributed by atoms with van der Waals surface area (Å²) in [5.74, 6) is 0.965. The van der Waals surface area contributed by atoms with Crippen molar-refractivity contribution in [1.82, 2.24) is 4.90 Å². The number of nitrogens with zero attached hydrogens (tertiary/aromatic N) is 1. The standard InChI is InChI=1S/C21H28N2OS/c1-15-12-16(2)20(17(3)13-15)22-21(25)23(14-19-10-7-11-24-19)18-8-5-4-6-9-18/h7,10-13,18H,4-6,8-9,14H2,1-3H3,(H,22,25). The molecule has 3 rings (SSSR count). The van der Waals surface area contributed by atoms with Gasteiger partial charge in [-0.2, -0.15) is 0 Å². The first kappa shape index (κ1) is 18.0. The van der Waals surface area contributed by atoms with Crippen LogP contribution in [-0.2, 0) is 6.54 Å². The van der Waals surface area contributed by atoms with Crippen LogP contribution in [0, 0.1) is 20.8 Å². The molecular weight excluding hydrogens is 328 g/mol. The predicted octanol–water partition coefficient (Wildman–Crippen LogP) is 5.74. The van der Waals surface area contributed by atoms with Crippen molar-refractivity contribution in [3.05, 3.63) is 53.0 Å². The number of hydrogen-bond donors (Lipinski definition) is 1. The lowest BCUT2D eigenvalue weighted by Gasteiger charge is -2.36. The Hall–Kier alpha value is -1.81. The number of nitrogens with one attached hydrogen (secondary N) is 1. The molecule has 1 aromatic heterocycles. The third-order valence-corrected chi connectivity index (χ3v) is 5.43. The first-order chi connectivity index (χ1) is 12.0. The summed E-state index contributed by atoms with van der Waals surface area (Å²) in [7, 11) is 0. The molecule has 0 spiro atoms. The van der Waals surface area contributed by atoms with Crippen molar-refractivity contribution in [1.29, 1.82) is 0 Å². The van der Waals surface area contributed by atoms with Gasteiger partial charge in [-0.3, -0.25) is 0 Å². The van der Waals surface area contributed by atoms with Gasteiger partial charge in [0.05, 0.1) is 12.8 Å². The van der Waals surface area contributed by atoms with Crippen LogP contribution in [0.2, 0.25) is 0 Å². The molecule has 1 aliphatic rings. The lowest BCUT2D eigenvalue weighted by atomic mass is 9.94. The van der Waals surface area contributed by atoms with Crippen molar-refractivity contribution >= 4 is 23.0 Å². The lowest BCUT2D eigenvalue weighted by Crippen LogP contribution is -2.43. The van der Waals surface area contributed by atoms with E-state index in [2.05, 4.69) is 43.1 Å². The summed E-state index contributed by atoms with van der Waals surface area (Å²) >= 11 is 5.84. The zero-order valence-corrected chi connectivity index (χ0v) is 16.3. The second kappa shape index (κ2) is 8.05. The molecule has 4 heteroatoms. The SMILES string of the molecule is Cc1cc(C)c(NC(=S)N(Cc2ccco2)C2CCCCC2)c(C)c1. The van der Waals surface area contributed by atoms with E-state index < -0.39 is 0 Å². The minimum absolute atomic E-state index is 0.491. The van der Waals surface area contributed by atoms with Gasteiger partial charge in [0, 0.05) is 11.7 Å². The van der Waals surface area contributed by atoms with Crippen molar-refractivity contribution in [2.75, 3.05) is 5.32 Å². The van der Waals surface area contributed by atoms with Crippen LogP contribution >= 0.6 is 12.2 Å². The third kappa shape index (κ3) is 4.43. The molecule has 1 fully saturated rings. The molecule has 1 saturated carbocycles. The summed E-state index contributed by atoms with van der Waals surface area (Å²) in [4.78, 5) is 2.33. The highest BCUT2D eigenvalue weighted by atomic mass is 32.1. The molecule has 3 nitrogen and oxygen atoms in total. The second-order valence-electron chi connectivity index (χ2n) is 7.20. The summed E-state index contributed by atoms with van der Waals surface area (Å²) in [5, 5.41) is 4.34. The Bertz CT molecular complexity index is 694. The van der Waals surface area contributed by atoms with E-state index in [4.69, 9.17) is 16.6 Å². The molecule has 1 aromatic carbocycles. The van der Waals surface area contributed by atoms with E-state index in [1.807, 2.05) is 12.1 Å². The highest BCUT2D eigenvalue weighted by molar-refractivity contribution is 7.80. The number of anilines is 1. The van der Waals surface area contributed by atoms with Crippen LogP contribution in [0.25, 0.3) is 0 Å². The van der Waals surface area contributed by atoms with E-state index in [-0.39, 0.29) is 0 Å². The highest BCUT2D eigenvalue weighted by Crippen LogP contribution is 2.27. The summed E-state index contributed by atoms with van der Waals surface area (Å²) < 4.78 is 5.59. The molecule has 25 heavy (non-hydrogen) atoms. The maximum atomic E-state index is 5.84. The molecule has 0 aliphatic heterocycles. The van der Waals surface area contributed by atoms with Gasteiger partial charge in [-0.1, -0.05) is 37.0 Å². The van der Waals surface area contributed by atoms with Crippen molar-refractivity contribution in [3.8, 4) is 0 Å². The summed E-state index contributed by atoms with van der Waals surface area (Å²) in [6.45, 7) is 7.14. The van der Waals surface area contributed by atoms with E-state index in [1.54, 1.807) is 6.26 Å². The molecule has 0 radical (unpaired) electrons. The molecule has 134 valence electrons. The molecule has 1 aliphatic carbocycles. The van der Waals surface area contributed by atoms with E-state index in [0.29, 0.717) is 6.04 Å². The van der Waals surface area contributed by atoms with Crippen LogP contribution < -0.4 is 5.32 Å².